The summed E-state index contributed by atoms with van der Waals surface area (Å²) in [6.07, 6.45) is 10.8. The molecule has 5 fully saturated rings. The molecule has 1 aromatic rings. The van der Waals surface area contributed by atoms with Crippen molar-refractivity contribution in [2.75, 3.05) is 0 Å². The Morgan fingerprint density at radius 1 is 1.03 bits per heavy atom. The number of nitrogens with one attached hydrogen (secondary N) is 2. The first-order valence-electron chi connectivity index (χ1n) is 11.3. The predicted octanol–water partition coefficient (Wildman–Crippen LogP) is 3.85. The molecule has 0 radical (unpaired) electrons. The fraction of sp³-hybridized carbons (Fsp3) is 0.696. The third kappa shape index (κ3) is 3.74. The molecule has 0 heterocycles. The van der Waals surface area contributed by atoms with Gasteiger partial charge < -0.3 is 5.32 Å². The largest absolute Gasteiger partial charge is 0.349 e. The highest BCUT2D eigenvalue weighted by Gasteiger charge is 2.54. The van der Waals surface area contributed by atoms with Crippen molar-refractivity contribution in [3.8, 4) is 0 Å². The van der Waals surface area contributed by atoms with E-state index >= 15 is 0 Å². The zero-order valence-corrected chi connectivity index (χ0v) is 18.0. The Bertz CT molecular complexity index is 854. The maximum Gasteiger partial charge on any atom is 0.251 e. The number of carbonyl (C=O) groups excluding carboxylic acids is 1. The van der Waals surface area contributed by atoms with Gasteiger partial charge in [0.2, 0.25) is 10.0 Å². The van der Waals surface area contributed by atoms with Crippen molar-refractivity contribution in [1.29, 1.82) is 0 Å². The summed E-state index contributed by atoms with van der Waals surface area (Å²) in [4.78, 5) is 13.2. The first-order chi connectivity index (χ1) is 13.9. The standard InChI is InChI=1S/C23H32N2O3S/c1-2-21(23-12-15-9-16(13-23)11-17(10-15)14-23)24-22(26)18-3-7-20(8-4-18)29(27,28)25-19-5-6-19/h3-4,7-8,15-17,19,21,25H,2,5-6,9-14H2,1H3,(H,24,26). The second-order valence-electron chi connectivity index (χ2n) is 10.1. The van der Waals surface area contributed by atoms with Gasteiger partial charge >= 0.3 is 0 Å². The van der Waals surface area contributed by atoms with E-state index in [1.54, 1.807) is 24.3 Å². The van der Waals surface area contributed by atoms with Crippen LogP contribution in [0.4, 0.5) is 0 Å². The van der Waals surface area contributed by atoms with Crippen LogP contribution in [0.2, 0.25) is 0 Å². The molecule has 6 heteroatoms. The van der Waals surface area contributed by atoms with Gasteiger partial charge in [0.05, 0.1) is 4.90 Å². The number of hydrogen-bond acceptors (Lipinski definition) is 3. The normalized spacial score (nSPS) is 34.2. The van der Waals surface area contributed by atoms with Crippen LogP contribution in [-0.4, -0.2) is 26.4 Å². The predicted molar refractivity (Wildman–Crippen MR) is 112 cm³/mol. The maximum atomic E-state index is 13.0. The fourth-order valence-electron chi connectivity index (χ4n) is 6.81. The van der Waals surface area contributed by atoms with Gasteiger partial charge in [-0.1, -0.05) is 6.92 Å². The molecule has 5 aliphatic carbocycles. The molecule has 1 atom stereocenters. The van der Waals surface area contributed by atoms with Crippen molar-refractivity contribution in [2.45, 2.75) is 81.7 Å². The number of sulfonamides is 1. The molecule has 0 aliphatic heterocycles. The Morgan fingerprint density at radius 3 is 2.07 bits per heavy atom. The van der Waals surface area contributed by atoms with Crippen LogP contribution in [0.3, 0.4) is 0 Å². The van der Waals surface area contributed by atoms with Crippen LogP contribution in [0.1, 0.15) is 75.1 Å². The second kappa shape index (κ2) is 7.09. The third-order valence-corrected chi connectivity index (χ3v) is 9.40. The molecule has 0 spiro atoms. The molecule has 1 aromatic carbocycles. The summed E-state index contributed by atoms with van der Waals surface area (Å²) in [6, 6.07) is 6.67. The summed E-state index contributed by atoms with van der Waals surface area (Å²) in [5.41, 5.74) is 0.815. The molecule has 2 N–H and O–H groups in total. The number of hydrogen-bond donors (Lipinski definition) is 2. The van der Waals surface area contributed by atoms with Gasteiger partial charge in [0.1, 0.15) is 0 Å². The van der Waals surface area contributed by atoms with Crippen LogP contribution in [0.15, 0.2) is 29.2 Å². The summed E-state index contributed by atoms with van der Waals surface area (Å²) < 4.78 is 27.4. The quantitative estimate of drug-likeness (QED) is 0.709. The first-order valence-corrected chi connectivity index (χ1v) is 12.8. The summed E-state index contributed by atoms with van der Waals surface area (Å²) in [6.45, 7) is 2.18. The van der Waals surface area contributed by atoms with Crippen LogP contribution in [0.25, 0.3) is 0 Å². The van der Waals surface area contributed by atoms with E-state index in [2.05, 4.69) is 17.0 Å². The van der Waals surface area contributed by atoms with Crippen molar-refractivity contribution < 1.29 is 13.2 Å². The van der Waals surface area contributed by atoms with Crippen molar-refractivity contribution >= 4 is 15.9 Å². The number of benzene rings is 1. The monoisotopic (exact) mass is 416 g/mol. The lowest BCUT2D eigenvalue weighted by Gasteiger charge is -2.59. The smallest absolute Gasteiger partial charge is 0.251 e. The van der Waals surface area contributed by atoms with Gasteiger partial charge in [-0.2, -0.15) is 0 Å². The Morgan fingerprint density at radius 2 is 1.59 bits per heavy atom. The van der Waals surface area contributed by atoms with E-state index in [1.165, 1.54) is 38.5 Å². The summed E-state index contributed by atoms with van der Waals surface area (Å²) in [5.74, 6) is 2.49. The molecule has 4 bridgehead atoms. The topological polar surface area (TPSA) is 75.3 Å². The van der Waals surface area contributed by atoms with E-state index in [0.717, 1.165) is 37.0 Å². The number of amides is 1. The van der Waals surface area contributed by atoms with Gasteiger partial charge in [-0.15, -0.1) is 0 Å². The molecular weight excluding hydrogens is 384 g/mol. The number of rotatable bonds is 7. The van der Waals surface area contributed by atoms with Crippen molar-refractivity contribution in [3.63, 3.8) is 0 Å². The second-order valence-corrected chi connectivity index (χ2v) is 11.8. The molecule has 0 aromatic heterocycles. The highest BCUT2D eigenvalue weighted by atomic mass is 32.2. The SMILES string of the molecule is CCC(NC(=O)c1ccc(S(=O)(=O)NC2CC2)cc1)C12CC3CC(CC(C3)C1)C2. The summed E-state index contributed by atoms with van der Waals surface area (Å²) in [7, 11) is -3.48. The van der Waals surface area contributed by atoms with E-state index in [4.69, 9.17) is 0 Å². The molecule has 1 unspecified atom stereocenters. The van der Waals surface area contributed by atoms with Crippen molar-refractivity contribution in [1.82, 2.24) is 10.0 Å². The Balaban J connectivity index is 1.29. The van der Waals surface area contributed by atoms with E-state index in [-0.39, 0.29) is 28.3 Å². The minimum absolute atomic E-state index is 0.0771. The van der Waals surface area contributed by atoms with Crippen LogP contribution >= 0.6 is 0 Å². The van der Waals surface area contributed by atoms with Crippen LogP contribution in [0.5, 0.6) is 0 Å². The van der Waals surface area contributed by atoms with E-state index in [1.807, 2.05) is 0 Å². The number of carbonyl (C=O) groups is 1. The summed E-state index contributed by atoms with van der Waals surface area (Å²) in [5, 5.41) is 3.34. The van der Waals surface area contributed by atoms with Gasteiger partial charge in [0, 0.05) is 17.6 Å². The average molecular weight is 417 g/mol. The molecule has 5 aliphatic rings. The van der Waals surface area contributed by atoms with Gasteiger partial charge in [0.15, 0.2) is 0 Å². The molecular formula is C23H32N2O3S. The molecule has 29 heavy (non-hydrogen) atoms. The lowest BCUT2D eigenvalue weighted by Crippen LogP contribution is -2.56. The molecule has 158 valence electrons. The zero-order chi connectivity index (χ0) is 20.2. The first kappa shape index (κ1) is 19.6. The van der Waals surface area contributed by atoms with Gasteiger partial charge in [-0.05, 0) is 105 Å². The van der Waals surface area contributed by atoms with Crippen LogP contribution in [-0.2, 0) is 10.0 Å². The highest BCUT2D eigenvalue weighted by Crippen LogP contribution is 2.61. The van der Waals surface area contributed by atoms with E-state index in [0.29, 0.717) is 5.56 Å². The van der Waals surface area contributed by atoms with Crippen molar-refractivity contribution in [2.24, 2.45) is 23.2 Å². The lowest BCUT2D eigenvalue weighted by atomic mass is 9.47. The minimum atomic E-state index is -3.48. The molecule has 1 amide bonds. The molecule has 6 rings (SSSR count). The average Bonchev–Trinajstić information content (AvgIpc) is 3.48. The molecule has 0 saturated heterocycles. The Hall–Kier alpha value is -1.40. The van der Waals surface area contributed by atoms with E-state index in [9.17, 15) is 13.2 Å². The third-order valence-electron chi connectivity index (χ3n) is 7.86. The van der Waals surface area contributed by atoms with Gasteiger partial charge in [-0.3, -0.25) is 4.79 Å². The Labute approximate surface area is 174 Å². The molecule has 5 saturated carbocycles. The molecule has 5 nitrogen and oxygen atoms in total. The van der Waals surface area contributed by atoms with E-state index < -0.39 is 10.0 Å². The highest BCUT2D eigenvalue weighted by molar-refractivity contribution is 7.89. The van der Waals surface area contributed by atoms with Gasteiger partial charge in [0.25, 0.3) is 5.91 Å². The maximum absolute atomic E-state index is 13.0. The Kier molecular flexibility index (Phi) is 4.78. The fourth-order valence-corrected chi connectivity index (χ4v) is 8.11. The lowest BCUT2D eigenvalue weighted by molar-refractivity contribution is -0.0727. The summed E-state index contributed by atoms with van der Waals surface area (Å²) >= 11 is 0. The van der Waals surface area contributed by atoms with Crippen LogP contribution in [0, 0.1) is 23.2 Å². The minimum Gasteiger partial charge on any atom is -0.349 e. The van der Waals surface area contributed by atoms with Gasteiger partial charge in [-0.25, -0.2) is 13.1 Å². The van der Waals surface area contributed by atoms with Crippen molar-refractivity contribution in [3.05, 3.63) is 29.8 Å². The van der Waals surface area contributed by atoms with Crippen LogP contribution < -0.4 is 10.0 Å². The zero-order valence-electron chi connectivity index (χ0n) is 17.2.